The minimum atomic E-state index is -3.27. The van der Waals surface area contributed by atoms with Crippen LogP contribution in [0.25, 0.3) is 0 Å². The van der Waals surface area contributed by atoms with Gasteiger partial charge in [0.15, 0.2) is 15.5 Å². The Balaban J connectivity index is 1.91. The van der Waals surface area contributed by atoms with E-state index in [0.717, 1.165) is 0 Å². The zero-order chi connectivity index (χ0) is 15.0. The van der Waals surface area contributed by atoms with Crippen molar-refractivity contribution in [3.63, 3.8) is 0 Å². The first-order valence-electron chi connectivity index (χ1n) is 6.41. The minimum absolute atomic E-state index is 0.00497. The molecule has 1 N–H and O–H groups in total. The second kappa shape index (κ2) is 4.96. The number of rotatable bonds is 2. The fourth-order valence-corrected chi connectivity index (χ4v) is 4.03. The van der Waals surface area contributed by atoms with Crippen molar-refractivity contribution in [2.45, 2.75) is 24.3 Å². The highest BCUT2D eigenvalue weighted by Gasteiger charge is 2.31. The van der Waals surface area contributed by atoms with Crippen molar-refractivity contribution < 1.29 is 17.8 Å². The Morgan fingerprint density at radius 3 is 2.81 bits per heavy atom. The Labute approximate surface area is 121 Å². The van der Waals surface area contributed by atoms with E-state index in [1.54, 1.807) is 31.2 Å². The van der Waals surface area contributed by atoms with Crippen LogP contribution in [0.3, 0.4) is 0 Å². The molecule has 2 heterocycles. The fraction of sp³-hybridized carbons (Fsp3) is 0.308. The standard InChI is InChI=1S/C13H13N3O4S/c1-8-12(16-20-15-8)13(17)14-10-6-7-21(18,19)11-5-3-2-4-9(10)11/h2-5,10H,6-7H2,1H3,(H,14,17). The molecular weight excluding hydrogens is 294 g/mol. The smallest absolute Gasteiger partial charge is 0.275 e. The van der Waals surface area contributed by atoms with E-state index < -0.39 is 15.7 Å². The van der Waals surface area contributed by atoms with Gasteiger partial charge in [-0.1, -0.05) is 23.4 Å². The quantitative estimate of drug-likeness (QED) is 0.889. The molecule has 1 aromatic carbocycles. The van der Waals surface area contributed by atoms with E-state index in [1.807, 2.05) is 0 Å². The van der Waals surface area contributed by atoms with Crippen LogP contribution in [0.15, 0.2) is 33.8 Å². The van der Waals surface area contributed by atoms with Crippen molar-refractivity contribution in [2.75, 3.05) is 5.75 Å². The molecule has 8 heteroatoms. The molecule has 7 nitrogen and oxygen atoms in total. The van der Waals surface area contributed by atoms with Gasteiger partial charge in [0.05, 0.1) is 16.7 Å². The summed E-state index contributed by atoms with van der Waals surface area (Å²) in [6.07, 6.45) is 0.329. The summed E-state index contributed by atoms with van der Waals surface area (Å²) in [6, 6.07) is 6.33. The summed E-state index contributed by atoms with van der Waals surface area (Å²) < 4.78 is 28.6. The van der Waals surface area contributed by atoms with Gasteiger partial charge in [0.1, 0.15) is 5.69 Å². The molecule has 0 saturated heterocycles. The Hall–Kier alpha value is -2.22. The Morgan fingerprint density at radius 1 is 1.33 bits per heavy atom. The van der Waals surface area contributed by atoms with Crippen molar-refractivity contribution in [1.29, 1.82) is 0 Å². The maximum atomic E-state index is 12.1. The molecule has 0 radical (unpaired) electrons. The van der Waals surface area contributed by atoms with Crippen molar-refractivity contribution in [3.8, 4) is 0 Å². The first kappa shape index (κ1) is 13.7. The van der Waals surface area contributed by atoms with Gasteiger partial charge in [-0.05, 0) is 30.1 Å². The van der Waals surface area contributed by atoms with E-state index in [1.165, 1.54) is 0 Å². The van der Waals surface area contributed by atoms with Crippen LogP contribution < -0.4 is 5.32 Å². The molecule has 1 atom stereocenters. The number of fused-ring (bicyclic) bond motifs is 1. The number of nitrogens with one attached hydrogen (secondary N) is 1. The molecular formula is C13H13N3O4S. The van der Waals surface area contributed by atoms with Gasteiger partial charge in [-0.15, -0.1) is 0 Å². The molecule has 1 aliphatic rings. The average Bonchev–Trinajstić information content (AvgIpc) is 2.89. The second-order valence-electron chi connectivity index (χ2n) is 4.87. The minimum Gasteiger partial charge on any atom is -0.344 e. The van der Waals surface area contributed by atoms with Gasteiger partial charge >= 0.3 is 0 Å². The molecule has 110 valence electrons. The molecule has 1 aromatic heterocycles. The third-order valence-corrected chi connectivity index (χ3v) is 5.29. The van der Waals surface area contributed by atoms with Crippen LogP contribution in [0.1, 0.15) is 34.2 Å². The normalized spacial score (nSPS) is 19.8. The zero-order valence-corrected chi connectivity index (χ0v) is 12.1. The molecule has 0 spiro atoms. The summed E-state index contributed by atoms with van der Waals surface area (Å²) in [5.41, 5.74) is 1.11. The third kappa shape index (κ3) is 2.42. The van der Waals surface area contributed by atoms with Crippen molar-refractivity contribution in [3.05, 3.63) is 41.2 Å². The number of amides is 1. The molecule has 21 heavy (non-hydrogen) atoms. The Bertz CT molecular complexity index is 797. The van der Waals surface area contributed by atoms with E-state index in [4.69, 9.17) is 0 Å². The molecule has 1 unspecified atom stereocenters. The lowest BCUT2D eigenvalue weighted by Gasteiger charge is -2.25. The lowest BCUT2D eigenvalue weighted by Crippen LogP contribution is -2.34. The number of hydrogen-bond donors (Lipinski definition) is 1. The lowest BCUT2D eigenvalue weighted by atomic mass is 10.0. The average molecular weight is 307 g/mol. The molecule has 1 amide bonds. The summed E-state index contributed by atoms with van der Waals surface area (Å²) in [5.74, 6) is -0.418. The van der Waals surface area contributed by atoms with Crippen LogP contribution in [0.5, 0.6) is 0 Å². The number of aryl methyl sites for hydroxylation is 1. The number of benzene rings is 1. The van der Waals surface area contributed by atoms with Gasteiger partial charge in [0, 0.05) is 0 Å². The monoisotopic (exact) mass is 307 g/mol. The number of hydrogen-bond acceptors (Lipinski definition) is 6. The van der Waals surface area contributed by atoms with Gasteiger partial charge in [-0.25, -0.2) is 13.0 Å². The number of sulfone groups is 1. The van der Waals surface area contributed by atoms with Crippen molar-refractivity contribution in [2.24, 2.45) is 0 Å². The molecule has 2 aromatic rings. The van der Waals surface area contributed by atoms with Crippen molar-refractivity contribution >= 4 is 15.7 Å². The summed E-state index contributed by atoms with van der Waals surface area (Å²) in [6.45, 7) is 1.62. The number of carbonyl (C=O) groups is 1. The summed E-state index contributed by atoms with van der Waals surface area (Å²) in [5, 5.41) is 9.89. The van der Waals surface area contributed by atoms with Crippen LogP contribution >= 0.6 is 0 Å². The molecule has 3 rings (SSSR count). The fourth-order valence-electron chi connectivity index (χ4n) is 2.40. The van der Waals surface area contributed by atoms with Gasteiger partial charge in [0.25, 0.3) is 5.91 Å². The molecule has 0 bridgehead atoms. The van der Waals surface area contributed by atoms with Crippen LogP contribution in [0.4, 0.5) is 0 Å². The molecule has 0 aliphatic carbocycles. The highest BCUT2D eigenvalue weighted by atomic mass is 32.2. The van der Waals surface area contributed by atoms with Crippen LogP contribution in [0.2, 0.25) is 0 Å². The topological polar surface area (TPSA) is 102 Å². The summed E-state index contributed by atoms with van der Waals surface area (Å²) in [7, 11) is -3.27. The van der Waals surface area contributed by atoms with E-state index in [0.29, 0.717) is 17.7 Å². The van der Waals surface area contributed by atoms with Crippen LogP contribution in [-0.2, 0) is 9.84 Å². The number of aromatic nitrogens is 2. The maximum absolute atomic E-state index is 12.1. The number of nitrogens with zero attached hydrogens (tertiary/aromatic N) is 2. The van der Waals surface area contributed by atoms with E-state index in [2.05, 4.69) is 20.3 Å². The first-order valence-corrected chi connectivity index (χ1v) is 8.06. The third-order valence-electron chi connectivity index (χ3n) is 3.48. The Kier molecular flexibility index (Phi) is 3.25. The van der Waals surface area contributed by atoms with E-state index >= 15 is 0 Å². The van der Waals surface area contributed by atoms with Crippen LogP contribution in [-0.4, -0.2) is 30.4 Å². The lowest BCUT2D eigenvalue weighted by molar-refractivity contribution is 0.0924. The number of carbonyl (C=O) groups excluding carboxylic acids is 1. The van der Waals surface area contributed by atoms with E-state index in [9.17, 15) is 13.2 Å². The Morgan fingerprint density at radius 2 is 2.10 bits per heavy atom. The molecule has 0 fully saturated rings. The van der Waals surface area contributed by atoms with Crippen molar-refractivity contribution in [1.82, 2.24) is 15.6 Å². The van der Waals surface area contributed by atoms with Gasteiger partial charge < -0.3 is 5.32 Å². The predicted octanol–water partition coefficient (Wildman–Crippen LogP) is 1.03. The maximum Gasteiger partial charge on any atom is 0.275 e. The second-order valence-corrected chi connectivity index (χ2v) is 6.95. The summed E-state index contributed by atoms with van der Waals surface area (Å²) >= 11 is 0. The van der Waals surface area contributed by atoms with Crippen LogP contribution in [0, 0.1) is 6.92 Å². The van der Waals surface area contributed by atoms with Gasteiger partial charge in [-0.2, -0.15) is 0 Å². The largest absolute Gasteiger partial charge is 0.344 e. The SMILES string of the molecule is Cc1nonc1C(=O)NC1CCS(=O)(=O)c2ccccc21. The van der Waals surface area contributed by atoms with Gasteiger partial charge in [0.2, 0.25) is 0 Å². The first-order chi connectivity index (χ1) is 9.99. The summed E-state index contributed by atoms with van der Waals surface area (Å²) in [4.78, 5) is 12.4. The predicted molar refractivity (Wildman–Crippen MR) is 72.4 cm³/mol. The van der Waals surface area contributed by atoms with Gasteiger partial charge in [-0.3, -0.25) is 4.79 Å². The zero-order valence-electron chi connectivity index (χ0n) is 11.2. The highest BCUT2D eigenvalue weighted by Crippen LogP contribution is 2.32. The highest BCUT2D eigenvalue weighted by molar-refractivity contribution is 7.91. The molecule has 1 aliphatic heterocycles. The van der Waals surface area contributed by atoms with E-state index in [-0.39, 0.29) is 22.4 Å². The molecule has 0 saturated carbocycles.